The van der Waals surface area contributed by atoms with E-state index in [1.54, 1.807) is 0 Å². The van der Waals surface area contributed by atoms with Crippen LogP contribution in [-0.4, -0.2) is 12.5 Å². The van der Waals surface area contributed by atoms with Gasteiger partial charge in [0.15, 0.2) is 0 Å². The van der Waals surface area contributed by atoms with Crippen molar-refractivity contribution < 1.29 is 4.79 Å². The molecule has 1 aliphatic heterocycles. The first-order chi connectivity index (χ1) is 5.87. The first kappa shape index (κ1) is 10.6. The summed E-state index contributed by atoms with van der Waals surface area (Å²) in [6.07, 6.45) is 0. The number of nitrogens with one attached hydrogen (secondary N) is 1. The summed E-state index contributed by atoms with van der Waals surface area (Å²) in [6, 6.07) is 0. The molecule has 0 saturated carbocycles. The van der Waals surface area contributed by atoms with Crippen LogP contribution in [0, 0.1) is 23.2 Å². The SMILES string of the molecule is CC(C)C1CNC(=O)C(C)C1(C)C. The fourth-order valence-corrected chi connectivity index (χ4v) is 2.38. The minimum absolute atomic E-state index is 0.133. The zero-order valence-electron chi connectivity index (χ0n) is 9.35. The maximum atomic E-state index is 11.5. The smallest absolute Gasteiger partial charge is 0.223 e. The van der Waals surface area contributed by atoms with E-state index >= 15 is 0 Å². The molecule has 2 unspecified atom stereocenters. The fourth-order valence-electron chi connectivity index (χ4n) is 2.38. The quantitative estimate of drug-likeness (QED) is 0.662. The van der Waals surface area contributed by atoms with Crippen LogP contribution >= 0.6 is 0 Å². The monoisotopic (exact) mass is 183 g/mol. The molecule has 0 aliphatic carbocycles. The maximum absolute atomic E-state index is 11.5. The molecule has 2 heteroatoms. The molecule has 0 aromatic carbocycles. The number of amides is 1. The van der Waals surface area contributed by atoms with Crippen molar-refractivity contribution in [1.29, 1.82) is 0 Å². The Morgan fingerprint density at radius 3 is 2.46 bits per heavy atom. The van der Waals surface area contributed by atoms with Crippen molar-refractivity contribution in [3.05, 3.63) is 0 Å². The molecule has 2 nitrogen and oxygen atoms in total. The van der Waals surface area contributed by atoms with E-state index in [0.717, 1.165) is 6.54 Å². The van der Waals surface area contributed by atoms with Crippen molar-refractivity contribution in [2.75, 3.05) is 6.54 Å². The summed E-state index contributed by atoms with van der Waals surface area (Å²) in [5, 5.41) is 2.98. The van der Waals surface area contributed by atoms with Crippen molar-refractivity contribution in [2.45, 2.75) is 34.6 Å². The zero-order chi connectivity index (χ0) is 10.2. The van der Waals surface area contributed by atoms with Crippen molar-refractivity contribution in [3.8, 4) is 0 Å². The lowest BCUT2D eigenvalue weighted by atomic mass is 9.63. The molecule has 1 heterocycles. The van der Waals surface area contributed by atoms with Crippen molar-refractivity contribution in [2.24, 2.45) is 23.2 Å². The Hall–Kier alpha value is -0.530. The van der Waals surface area contributed by atoms with Crippen molar-refractivity contribution in [3.63, 3.8) is 0 Å². The molecule has 0 aromatic heterocycles. The van der Waals surface area contributed by atoms with Crippen molar-refractivity contribution in [1.82, 2.24) is 5.32 Å². The van der Waals surface area contributed by atoms with Gasteiger partial charge in [-0.1, -0.05) is 34.6 Å². The summed E-state index contributed by atoms with van der Waals surface area (Å²) in [5.74, 6) is 1.58. The Kier molecular flexibility index (Phi) is 2.69. The molecule has 1 saturated heterocycles. The first-order valence-corrected chi connectivity index (χ1v) is 5.15. The van der Waals surface area contributed by atoms with Crippen LogP contribution in [0.3, 0.4) is 0 Å². The molecule has 1 N–H and O–H groups in total. The lowest BCUT2D eigenvalue weighted by Crippen LogP contribution is -2.53. The van der Waals surface area contributed by atoms with Gasteiger partial charge < -0.3 is 5.32 Å². The molecule has 0 aromatic rings. The van der Waals surface area contributed by atoms with Gasteiger partial charge in [-0.2, -0.15) is 0 Å². The fraction of sp³-hybridized carbons (Fsp3) is 0.909. The highest BCUT2D eigenvalue weighted by atomic mass is 16.2. The van der Waals surface area contributed by atoms with Crippen LogP contribution in [0.5, 0.6) is 0 Å². The summed E-state index contributed by atoms with van der Waals surface area (Å²) >= 11 is 0. The topological polar surface area (TPSA) is 29.1 Å². The molecule has 1 aliphatic rings. The van der Waals surface area contributed by atoms with Crippen LogP contribution < -0.4 is 5.32 Å². The maximum Gasteiger partial charge on any atom is 0.223 e. The first-order valence-electron chi connectivity index (χ1n) is 5.15. The van der Waals surface area contributed by atoms with Gasteiger partial charge in [0.05, 0.1) is 0 Å². The predicted molar refractivity (Wildman–Crippen MR) is 54.3 cm³/mol. The van der Waals surface area contributed by atoms with Gasteiger partial charge in [0.2, 0.25) is 5.91 Å². The Bertz CT molecular complexity index is 208. The van der Waals surface area contributed by atoms with Crippen LogP contribution in [0.4, 0.5) is 0 Å². The van der Waals surface area contributed by atoms with Crippen LogP contribution in [0.15, 0.2) is 0 Å². The van der Waals surface area contributed by atoms with E-state index in [4.69, 9.17) is 0 Å². The van der Waals surface area contributed by atoms with Crippen molar-refractivity contribution >= 4 is 5.91 Å². The average Bonchev–Trinajstić information content (AvgIpc) is 1.99. The summed E-state index contributed by atoms with van der Waals surface area (Å²) < 4.78 is 0. The summed E-state index contributed by atoms with van der Waals surface area (Å²) in [4.78, 5) is 11.5. The van der Waals surface area contributed by atoms with E-state index < -0.39 is 0 Å². The number of carbonyl (C=O) groups excluding carboxylic acids is 1. The molecule has 76 valence electrons. The van der Waals surface area contributed by atoms with Crippen LogP contribution in [0.25, 0.3) is 0 Å². The predicted octanol–water partition coefficient (Wildman–Crippen LogP) is 2.05. The van der Waals surface area contributed by atoms with Gasteiger partial charge in [-0.05, 0) is 17.3 Å². The molecule has 0 radical (unpaired) electrons. The Balaban J connectivity index is 2.85. The van der Waals surface area contributed by atoms with Crippen LogP contribution in [0.2, 0.25) is 0 Å². The third-order valence-corrected chi connectivity index (χ3v) is 3.77. The van der Waals surface area contributed by atoms with Crippen LogP contribution in [0.1, 0.15) is 34.6 Å². The van der Waals surface area contributed by atoms with Crippen LogP contribution in [-0.2, 0) is 4.79 Å². The van der Waals surface area contributed by atoms with Gasteiger partial charge in [0.25, 0.3) is 0 Å². The minimum Gasteiger partial charge on any atom is -0.356 e. The second kappa shape index (κ2) is 3.32. The molecule has 1 fully saturated rings. The number of piperidine rings is 1. The Labute approximate surface area is 81.1 Å². The third-order valence-electron chi connectivity index (χ3n) is 3.77. The lowest BCUT2D eigenvalue weighted by Gasteiger charge is -2.45. The second-order valence-corrected chi connectivity index (χ2v) is 5.14. The molecule has 0 spiro atoms. The molecule has 0 bridgehead atoms. The standard InChI is InChI=1S/C11H21NO/c1-7(2)9-6-12-10(13)8(3)11(9,4)5/h7-9H,6H2,1-5H3,(H,12,13). The summed E-state index contributed by atoms with van der Waals surface area (Å²) in [7, 11) is 0. The number of hydrogen-bond donors (Lipinski definition) is 1. The van der Waals surface area contributed by atoms with E-state index in [1.165, 1.54) is 0 Å². The minimum atomic E-state index is 0.133. The second-order valence-electron chi connectivity index (χ2n) is 5.14. The van der Waals surface area contributed by atoms with E-state index in [9.17, 15) is 4.79 Å². The highest BCUT2D eigenvalue weighted by Gasteiger charge is 2.43. The number of carbonyl (C=O) groups is 1. The van der Waals surface area contributed by atoms with Gasteiger partial charge in [0, 0.05) is 12.5 Å². The molecular weight excluding hydrogens is 162 g/mol. The van der Waals surface area contributed by atoms with Gasteiger partial charge in [-0.15, -0.1) is 0 Å². The molecule has 1 amide bonds. The molecule has 2 atom stereocenters. The Morgan fingerprint density at radius 1 is 1.46 bits per heavy atom. The number of hydrogen-bond acceptors (Lipinski definition) is 1. The zero-order valence-corrected chi connectivity index (χ0v) is 9.35. The van der Waals surface area contributed by atoms with E-state index in [0.29, 0.717) is 11.8 Å². The van der Waals surface area contributed by atoms with Gasteiger partial charge in [-0.3, -0.25) is 4.79 Å². The lowest BCUT2D eigenvalue weighted by molar-refractivity contribution is -0.134. The van der Waals surface area contributed by atoms with E-state index in [-0.39, 0.29) is 17.2 Å². The average molecular weight is 183 g/mol. The largest absolute Gasteiger partial charge is 0.356 e. The highest BCUT2D eigenvalue weighted by Crippen LogP contribution is 2.41. The summed E-state index contributed by atoms with van der Waals surface area (Å²) in [5.41, 5.74) is 0.135. The Morgan fingerprint density at radius 2 is 2.00 bits per heavy atom. The third kappa shape index (κ3) is 1.72. The van der Waals surface area contributed by atoms with E-state index in [1.807, 2.05) is 6.92 Å². The van der Waals surface area contributed by atoms with Gasteiger partial charge in [0.1, 0.15) is 0 Å². The number of rotatable bonds is 1. The highest BCUT2D eigenvalue weighted by molar-refractivity contribution is 5.80. The van der Waals surface area contributed by atoms with Gasteiger partial charge >= 0.3 is 0 Å². The van der Waals surface area contributed by atoms with Gasteiger partial charge in [-0.25, -0.2) is 0 Å². The molecule has 13 heavy (non-hydrogen) atoms. The molecule has 1 rings (SSSR count). The molecular formula is C11H21NO. The van der Waals surface area contributed by atoms with E-state index in [2.05, 4.69) is 33.0 Å². The normalized spacial score (nSPS) is 33.2. The summed E-state index contributed by atoms with van der Waals surface area (Å²) in [6.45, 7) is 11.8.